The summed E-state index contributed by atoms with van der Waals surface area (Å²) in [5, 5.41) is 0.803. The third-order valence-electron chi connectivity index (χ3n) is 7.46. The highest BCUT2D eigenvalue weighted by Gasteiger charge is 2.43. The van der Waals surface area contributed by atoms with E-state index in [0.717, 1.165) is 5.56 Å². The highest BCUT2D eigenvalue weighted by atomic mass is 35.5. The van der Waals surface area contributed by atoms with Gasteiger partial charge in [-0.3, -0.25) is 4.79 Å². The van der Waals surface area contributed by atoms with Crippen molar-refractivity contribution < 1.29 is 28.2 Å². The van der Waals surface area contributed by atoms with Crippen LogP contribution in [0.2, 0.25) is 10.0 Å². The molecule has 2 fully saturated rings. The fourth-order valence-electron chi connectivity index (χ4n) is 5.41. The summed E-state index contributed by atoms with van der Waals surface area (Å²) in [6, 6.07) is 10.2. The molecule has 0 spiro atoms. The van der Waals surface area contributed by atoms with Gasteiger partial charge in [-0.15, -0.1) is 0 Å². The molecule has 41 heavy (non-hydrogen) atoms. The number of piperidine rings is 1. The van der Waals surface area contributed by atoms with E-state index in [9.17, 15) is 18.8 Å². The lowest BCUT2D eigenvalue weighted by molar-refractivity contribution is -0.136. The molecule has 0 saturated carbocycles. The number of hydrogen-bond donors (Lipinski definition) is 0. The first kappa shape index (κ1) is 30.9. The quantitative estimate of drug-likeness (QED) is 0.383. The maximum Gasteiger partial charge on any atom is 0.415 e. The van der Waals surface area contributed by atoms with E-state index in [2.05, 4.69) is 0 Å². The van der Waals surface area contributed by atoms with E-state index in [4.69, 9.17) is 32.7 Å². The van der Waals surface area contributed by atoms with Crippen LogP contribution in [0.15, 0.2) is 42.5 Å². The Balaban J connectivity index is 1.50. The Morgan fingerprint density at radius 3 is 2.22 bits per heavy atom. The second-order valence-electron chi connectivity index (χ2n) is 11.4. The highest BCUT2D eigenvalue weighted by molar-refractivity contribution is 6.42. The van der Waals surface area contributed by atoms with Gasteiger partial charge in [-0.1, -0.05) is 29.3 Å². The maximum absolute atomic E-state index is 13.7. The van der Waals surface area contributed by atoms with Crippen molar-refractivity contribution >= 4 is 41.3 Å². The van der Waals surface area contributed by atoms with Crippen molar-refractivity contribution in [2.24, 2.45) is 5.92 Å². The largest absolute Gasteiger partial charge is 0.444 e. The number of ether oxygens (including phenoxy) is 2. The van der Waals surface area contributed by atoms with Crippen LogP contribution < -0.4 is 4.74 Å². The van der Waals surface area contributed by atoms with Crippen molar-refractivity contribution in [1.82, 2.24) is 14.7 Å². The van der Waals surface area contributed by atoms with Gasteiger partial charge in [0.1, 0.15) is 17.2 Å². The highest BCUT2D eigenvalue weighted by Crippen LogP contribution is 2.36. The van der Waals surface area contributed by atoms with Gasteiger partial charge < -0.3 is 24.2 Å². The molecule has 0 aromatic heterocycles. The van der Waals surface area contributed by atoms with Gasteiger partial charge in [0.05, 0.1) is 16.1 Å². The summed E-state index contributed by atoms with van der Waals surface area (Å²) < 4.78 is 24.4. The normalized spacial score (nSPS) is 19.7. The van der Waals surface area contributed by atoms with Crippen molar-refractivity contribution in [3.8, 4) is 5.75 Å². The van der Waals surface area contributed by atoms with E-state index in [1.807, 2.05) is 33.8 Å². The molecule has 11 heteroatoms. The summed E-state index contributed by atoms with van der Waals surface area (Å²) in [5.41, 5.74) is 0.268. The SMILES string of the molecule is CCN(C(=O)Oc1ccc(F)cc1)[C@@H]1CN(C(=O)C2CCN(C(=O)OC(C)(C)C)CC2)C[C@H]1c1ccc(Cl)c(Cl)c1. The van der Waals surface area contributed by atoms with Gasteiger partial charge in [-0.25, -0.2) is 14.0 Å². The first-order valence-electron chi connectivity index (χ1n) is 13.8. The van der Waals surface area contributed by atoms with E-state index in [0.29, 0.717) is 55.6 Å². The van der Waals surface area contributed by atoms with E-state index >= 15 is 0 Å². The second kappa shape index (κ2) is 12.9. The molecule has 2 atom stereocenters. The van der Waals surface area contributed by atoms with Gasteiger partial charge in [0.15, 0.2) is 0 Å². The molecular weight excluding hydrogens is 572 g/mol. The monoisotopic (exact) mass is 607 g/mol. The Kier molecular flexibility index (Phi) is 9.70. The molecule has 222 valence electrons. The fourth-order valence-corrected chi connectivity index (χ4v) is 5.71. The third-order valence-corrected chi connectivity index (χ3v) is 8.20. The maximum atomic E-state index is 13.7. The number of nitrogens with zero attached hydrogens (tertiary/aromatic N) is 3. The first-order valence-corrected chi connectivity index (χ1v) is 14.6. The molecule has 0 bridgehead atoms. The number of carbonyl (C=O) groups is 3. The van der Waals surface area contributed by atoms with Crippen LogP contribution in [0.1, 0.15) is 52.0 Å². The lowest BCUT2D eigenvalue weighted by atomic mass is 9.93. The van der Waals surface area contributed by atoms with Crippen molar-refractivity contribution in [1.29, 1.82) is 0 Å². The van der Waals surface area contributed by atoms with Crippen LogP contribution in [0.3, 0.4) is 0 Å². The van der Waals surface area contributed by atoms with Crippen LogP contribution in [-0.2, 0) is 9.53 Å². The molecule has 2 aliphatic heterocycles. The predicted octanol–water partition coefficient (Wildman–Crippen LogP) is 6.59. The molecule has 0 unspecified atom stereocenters. The van der Waals surface area contributed by atoms with Crippen LogP contribution in [0.5, 0.6) is 5.75 Å². The van der Waals surface area contributed by atoms with E-state index in [-0.39, 0.29) is 29.6 Å². The van der Waals surface area contributed by atoms with Crippen molar-refractivity contribution in [3.63, 3.8) is 0 Å². The van der Waals surface area contributed by atoms with Gasteiger partial charge in [0.25, 0.3) is 0 Å². The molecule has 8 nitrogen and oxygen atoms in total. The number of rotatable bonds is 5. The first-order chi connectivity index (χ1) is 19.4. The fraction of sp³-hybridized carbons (Fsp3) is 0.500. The average Bonchev–Trinajstić information content (AvgIpc) is 3.35. The summed E-state index contributed by atoms with van der Waals surface area (Å²) in [4.78, 5) is 44.5. The Morgan fingerprint density at radius 2 is 1.63 bits per heavy atom. The number of halogens is 3. The topological polar surface area (TPSA) is 79.4 Å². The number of benzene rings is 2. The molecular formula is C30H36Cl2FN3O5. The van der Waals surface area contributed by atoms with Crippen molar-refractivity contribution in [3.05, 3.63) is 63.9 Å². The summed E-state index contributed by atoms with van der Waals surface area (Å²) in [6.07, 6.45) is 0.0957. The molecule has 2 saturated heterocycles. The summed E-state index contributed by atoms with van der Waals surface area (Å²) in [6.45, 7) is 9.20. The predicted molar refractivity (Wildman–Crippen MR) is 155 cm³/mol. The minimum atomic E-state index is -0.589. The zero-order chi connectivity index (χ0) is 29.9. The average molecular weight is 609 g/mol. The number of amides is 3. The standard InChI is InChI=1S/C30H36Cl2FN3O5/c1-5-36(29(39)40-22-9-7-21(33)8-10-22)26-18-35(17-23(26)20-6-11-24(31)25(32)16-20)27(37)19-12-14-34(15-13-19)28(38)41-30(2,3)4/h6-11,16,19,23,26H,5,12-15,17-18H2,1-4H3/t23-,26+/m0/s1. The number of likely N-dealkylation sites (tertiary alicyclic amines) is 2. The molecule has 0 radical (unpaired) electrons. The van der Waals surface area contributed by atoms with Crippen LogP contribution in [-0.4, -0.2) is 77.2 Å². The van der Waals surface area contributed by atoms with Crippen LogP contribution in [0.25, 0.3) is 0 Å². The van der Waals surface area contributed by atoms with Gasteiger partial charge >= 0.3 is 12.2 Å². The van der Waals surface area contributed by atoms with Gasteiger partial charge in [0.2, 0.25) is 5.91 Å². The Bertz CT molecular complexity index is 1260. The minimum Gasteiger partial charge on any atom is -0.444 e. The number of hydrogen-bond acceptors (Lipinski definition) is 5. The Hall–Kier alpha value is -3.04. The lowest BCUT2D eigenvalue weighted by Gasteiger charge is -2.34. The minimum absolute atomic E-state index is 0.00986. The molecule has 2 aromatic carbocycles. The molecule has 0 aliphatic carbocycles. The Labute approximate surface area is 250 Å². The number of likely N-dealkylation sites (N-methyl/N-ethyl adjacent to an activating group) is 1. The van der Waals surface area contributed by atoms with Crippen LogP contribution in [0.4, 0.5) is 14.0 Å². The smallest absolute Gasteiger partial charge is 0.415 e. The zero-order valence-corrected chi connectivity index (χ0v) is 25.3. The summed E-state index contributed by atoms with van der Waals surface area (Å²) in [7, 11) is 0. The van der Waals surface area contributed by atoms with Gasteiger partial charge in [0, 0.05) is 44.6 Å². The molecule has 3 amide bonds. The van der Waals surface area contributed by atoms with Crippen molar-refractivity contribution in [2.45, 2.75) is 58.1 Å². The van der Waals surface area contributed by atoms with E-state index in [1.165, 1.54) is 24.3 Å². The molecule has 2 heterocycles. The molecule has 2 aromatic rings. The number of carbonyl (C=O) groups excluding carboxylic acids is 3. The van der Waals surface area contributed by atoms with Gasteiger partial charge in [-0.2, -0.15) is 0 Å². The van der Waals surface area contributed by atoms with Crippen LogP contribution >= 0.6 is 23.2 Å². The van der Waals surface area contributed by atoms with Crippen molar-refractivity contribution in [2.75, 3.05) is 32.7 Å². The van der Waals surface area contributed by atoms with E-state index < -0.39 is 23.6 Å². The molecule has 4 rings (SSSR count). The summed E-state index contributed by atoms with van der Waals surface area (Å²) in [5.74, 6) is -0.703. The molecule has 0 N–H and O–H groups in total. The second-order valence-corrected chi connectivity index (χ2v) is 12.3. The third kappa shape index (κ3) is 7.63. The van der Waals surface area contributed by atoms with E-state index in [1.54, 1.807) is 26.8 Å². The van der Waals surface area contributed by atoms with Gasteiger partial charge in [-0.05, 0) is 82.5 Å². The molecule has 2 aliphatic rings. The van der Waals surface area contributed by atoms with Crippen LogP contribution in [0, 0.1) is 11.7 Å². The Morgan fingerprint density at radius 1 is 0.976 bits per heavy atom. The summed E-state index contributed by atoms with van der Waals surface area (Å²) >= 11 is 12.5. The zero-order valence-electron chi connectivity index (χ0n) is 23.7. The lowest BCUT2D eigenvalue weighted by Crippen LogP contribution is -2.47.